The van der Waals surface area contributed by atoms with E-state index in [-0.39, 0.29) is 18.1 Å². The monoisotopic (exact) mass is 315 g/mol. The fraction of sp³-hybridized carbons (Fsp3) is 0.333. The summed E-state index contributed by atoms with van der Waals surface area (Å²) in [6, 6.07) is 0. The number of carbonyl (C=O) groups excluding carboxylic acids is 1. The number of nitrogens with two attached hydrogens (primary N) is 1. The van der Waals surface area contributed by atoms with Gasteiger partial charge in [-0.05, 0) is 19.4 Å². The molecule has 0 fully saturated rings. The Morgan fingerprint density at radius 1 is 1.55 bits per heavy atom. The fourth-order valence-electron chi connectivity index (χ4n) is 2.18. The predicted octanol–water partition coefficient (Wildman–Crippen LogP) is 1.11. The first-order valence-corrected chi connectivity index (χ1v) is 6.08. The number of hydrogen-bond donors (Lipinski definition) is 2. The first kappa shape index (κ1) is 15.7. The molecule has 1 aliphatic rings. The molecule has 0 aromatic carbocycles. The molecular weight excluding hydrogens is 303 g/mol. The van der Waals surface area contributed by atoms with Gasteiger partial charge in [-0.1, -0.05) is 17.3 Å². The number of amides is 1. The molecule has 1 heterocycles. The average Bonchev–Trinajstić information content (AvgIpc) is 2.95. The third-order valence-corrected chi connectivity index (χ3v) is 3.30. The SMILES string of the molecule is CC(=NO)n1ncnc1C1(C(N)=O)C=C(C(F)(F)F)C=CC1. The van der Waals surface area contributed by atoms with E-state index in [1.165, 1.54) is 13.0 Å². The van der Waals surface area contributed by atoms with Gasteiger partial charge in [-0.2, -0.15) is 23.0 Å². The number of nitrogens with zero attached hydrogens (tertiary/aromatic N) is 4. The van der Waals surface area contributed by atoms with Crippen LogP contribution in [0.3, 0.4) is 0 Å². The Bertz CT molecular complexity index is 689. The Labute approximate surface area is 122 Å². The second kappa shape index (κ2) is 5.28. The molecule has 1 aromatic heterocycles. The van der Waals surface area contributed by atoms with Crippen molar-refractivity contribution in [3.63, 3.8) is 0 Å². The standard InChI is InChI=1S/C12H12F3N5O2/c1-7(19-22)20-10(17-6-18-20)11(9(16)21)4-2-3-8(5-11)12(13,14)15/h2-3,5-6,22H,4H2,1H3,(H2,16,21). The van der Waals surface area contributed by atoms with Crippen LogP contribution in [0.1, 0.15) is 19.2 Å². The van der Waals surface area contributed by atoms with E-state index in [4.69, 9.17) is 10.9 Å². The molecule has 1 aromatic rings. The van der Waals surface area contributed by atoms with Crippen molar-refractivity contribution in [3.8, 4) is 0 Å². The highest BCUT2D eigenvalue weighted by Crippen LogP contribution is 2.38. The van der Waals surface area contributed by atoms with Crippen LogP contribution in [-0.2, 0) is 10.2 Å². The third kappa shape index (κ3) is 2.47. The molecule has 7 nitrogen and oxygen atoms in total. The molecule has 0 spiro atoms. The van der Waals surface area contributed by atoms with Gasteiger partial charge in [-0.25, -0.2) is 4.98 Å². The molecule has 1 atom stereocenters. The summed E-state index contributed by atoms with van der Waals surface area (Å²) < 4.78 is 39.8. The van der Waals surface area contributed by atoms with Crippen LogP contribution in [0.25, 0.3) is 0 Å². The summed E-state index contributed by atoms with van der Waals surface area (Å²) in [5.41, 5.74) is 2.50. The van der Waals surface area contributed by atoms with Gasteiger partial charge in [-0.3, -0.25) is 4.79 Å². The second-order valence-electron chi connectivity index (χ2n) is 4.68. The van der Waals surface area contributed by atoms with Crippen molar-refractivity contribution in [3.05, 3.63) is 36.0 Å². The normalized spacial score (nSPS) is 22.5. The van der Waals surface area contributed by atoms with E-state index < -0.39 is 23.1 Å². The van der Waals surface area contributed by atoms with E-state index in [2.05, 4.69) is 15.2 Å². The average molecular weight is 315 g/mol. The fourth-order valence-corrected chi connectivity index (χ4v) is 2.18. The van der Waals surface area contributed by atoms with Crippen LogP contribution < -0.4 is 5.73 Å². The first-order chi connectivity index (χ1) is 10.2. The molecule has 10 heteroatoms. The Morgan fingerprint density at radius 3 is 2.77 bits per heavy atom. The highest BCUT2D eigenvalue weighted by atomic mass is 19.4. The maximum Gasteiger partial charge on any atom is 0.416 e. The minimum Gasteiger partial charge on any atom is -0.409 e. The van der Waals surface area contributed by atoms with Crippen molar-refractivity contribution in [2.45, 2.75) is 24.9 Å². The number of aromatic nitrogens is 3. The number of allylic oxidation sites excluding steroid dienone is 3. The highest BCUT2D eigenvalue weighted by molar-refractivity contribution is 5.91. The molecule has 0 saturated carbocycles. The van der Waals surface area contributed by atoms with Gasteiger partial charge >= 0.3 is 6.18 Å². The van der Waals surface area contributed by atoms with Crippen LogP contribution in [-0.4, -0.2) is 37.9 Å². The van der Waals surface area contributed by atoms with Gasteiger partial charge in [0, 0.05) is 0 Å². The predicted molar refractivity (Wildman–Crippen MR) is 69.1 cm³/mol. The Hall–Kier alpha value is -2.65. The van der Waals surface area contributed by atoms with Crippen LogP contribution in [0.15, 0.2) is 35.3 Å². The smallest absolute Gasteiger partial charge is 0.409 e. The summed E-state index contributed by atoms with van der Waals surface area (Å²) in [7, 11) is 0. The van der Waals surface area contributed by atoms with Gasteiger partial charge in [0.1, 0.15) is 11.7 Å². The number of rotatable bonds is 2. The lowest BCUT2D eigenvalue weighted by Gasteiger charge is -2.29. The summed E-state index contributed by atoms with van der Waals surface area (Å²) >= 11 is 0. The van der Waals surface area contributed by atoms with Crippen molar-refractivity contribution in [1.82, 2.24) is 14.8 Å². The summed E-state index contributed by atoms with van der Waals surface area (Å²) in [5, 5.41) is 15.5. The van der Waals surface area contributed by atoms with Gasteiger partial charge < -0.3 is 10.9 Å². The minimum atomic E-state index is -4.64. The van der Waals surface area contributed by atoms with Crippen LogP contribution in [0.5, 0.6) is 0 Å². The number of carbonyl (C=O) groups is 1. The molecule has 1 amide bonds. The lowest BCUT2D eigenvalue weighted by Crippen LogP contribution is -2.44. The summed E-state index contributed by atoms with van der Waals surface area (Å²) in [6.07, 6.45) is -0.927. The quantitative estimate of drug-likeness (QED) is 0.369. The summed E-state index contributed by atoms with van der Waals surface area (Å²) in [4.78, 5) is 15.7. The molecule has 0 radical (unpaired) electrons. The molecule has 1 aliphatic carbocycles. The van der Waals surface area contributed by atoms with Gasteiger partial charge in [0.15, 0.2) is 11.7 Å². The number of oxime groups is 1. The number of hydrogen-bond acceptors (Lipinski definition) is 5. The molecule has 1 unspecified atom stereocenters. The first-order valence-electron chi connectivity index (χ1n) is 6.08. The van der Waals surface area contributed by atoms with Crippen molar-refractivity contribution in [1.29, 1.82) is 0 Å². The van der Waals surface area contributed by atoms with Crippen LogP contribution in [0, 0.1) is 0 Å². The molecule has 0 aliphatic heterocycles. The van der Waals surface area contributed by atoms with Gasteiger partial charge in [0.2, 0.25) is 5.91 Å². The van der Waals surface area contributed by atoms with Gasteiger partial charge in [0.05, 0.1) is 5.57 Å². The van der Waals surface area contributed by atoms with Crippen LogP contribution in [0.2, 0.25) is 0 Å². The van der Waals surface area contributed by atoms with Crippen molar-refractivity contribution in [2.24, 2.45) is 10.9 Å². The molecule has 0 saturated heterocycles. The number of primary amides is 1. The van der Waals surface area contributed by atoms with Gasteiger partial charge in [0.25, 0.3) is 0 Å². The van der Waals surface area contributed by atoms with E-state index in [0.717, 1.165) is 23.2 Å². The van der Waals surface area contributed by atoms with E-state index in [0.29, 0.717) is 0 Å². The van der Waals surface area contributed by atoms with E-state index in [9.17, 15) is 18.0 Å². The van der Waals surface area contributed by atoms with Crippen LogP contribution in [0.4, 0.5) is 13.2 Å². The minimum absolute atomic E-state index is 0.0652. The maximum absolute atomic E-state index is 12.9. The zero-order valence-electron chi connectivity index (χ0n) is 11.4. The lowest BCUT2D eigenvalue weighted by molar-refractivity contribution is -0.122. The van der Waals surface area contributed by atoms with Crippen molar-refractivity contribution in [2.75, 3.05) is 0 Å². The number of halogens is 3. The van der Waals surface area contributed by atoms with Crippen molar-refractivity contribution >= 4 is 11.7 Å². The van der Waals surface area contributed by atoms with Gasteiger partial charge in [-0.15, -0.1) is 0 Å². The topological polar surface area (TPSA) is 106 Å². The Morgan fingerprint density at radius 2 is 2.23 bits per heavy atom. The molecule has 22 heavy (non-hydrogen) atoms. The largest absolute Gasteiger partial charge is 0.416 e. The molecule has 2 rings (SSSR count). The second-order valence-corrected chi connectivity index (χ2v) is 4.68. The zero-order valence-corrected chi connectivity index (χ0v) is 11.4. The molecule has 0 bridgehead atoms. The highest BCUT2D eigenvalue weighted by Gasteiger charge is 2.46. The number of alkyl halides is 3. The molecular formula is C12H12F3N5O2. The molecule has 118 valence electrons. The summed E-state index contributed by atoms with van der Waals surface area (Å²) in [5.74, 6) is -1.23. The third-order valence-electron chi connectivity index (χ3n) is 3.30. The molecule has 3 N–H and O–H groups in total. The summed E-state index contributed by atoms with van der Waals surface area (Å²) in [6.45, 7) is 1.35. The lowest BCUT2D eigenvalue weighted by atomic mass is 9.77. The zero-order chi connectivity index (χ0) is 16.5. The van der Waals surface area contributed by atoms with Crippen LogP contribution >= 0.6 is 0 Å². The van der Waals surface area contributed by atoms with E-state index >= 15 is 0 Å². The Balaban J connectivity index is 2.67. The van der Waals surface area contributed by atoms with E-state index in [1.54, 1.807) is 0 Å². The Kier molecular flexibility index (Phi) is 3.77. The van der Waals surface area contributed by atoms with E-state index in [1.807, 2.05) is 0 Å². The van der Waals surface area contributed by atoms with Crippen molar-refractivity contribution < 1.29 is 23.2 Å². The maximum atomic E-state index is 12.9.